The van der Waals surface area contributed by atoms with Crippen LogP contribution in [0.1, 0.15) is 34.3 Å². The summed E-state index contributed by atoms with van der Waals surface area (Å²) in [5.41, 5.74) is 0.865. The molecule has 1 unspecified atom stereocenters. The summed E-state index contributed by atoms with van der Waals surface area (Å²) in [6.07, 6.45) is 1.69. The molecular weight excluding hydrogens is 290 g/mol. The van der Waals surface area contributed by atoms with Crippen LogP contribution < -0.4 is 5.32 Å². The first-order valence-electron chi connectivity index (χ1n) is 6.67. The summed E-state index contributed by atoms with van der Waals surface area (Å²) in [4.78, 5) is 14.3. The zero-order valence-electron chi connectivity index (χ0n) is 11.5. The first-order chi connectivity index (χ1) is 9.65. The Kier molecular flexibility index (Phi) is 5.76. The van der Waals surface area contributed by atoms with Crippen molar-refractivity contribution in [1.82, 2.24) is 5.32 Å². The van der Waals surface area contributed by atoms with Crippen molar-refractivity contribution >= 4 is 28.6 Å². The molecule has 2 rings (SSSR count). The van der Waals surface area contributed by atoms with E-state index in [1.54, 1.807) is 22.7 Å². The lowest BCUT2D eigenvalue weighted by Crippen LogP contribution is -2.28. The van der Waals surface area contributed by atoms with Crippen LogP contribution in [0.2, 0.25) is 0 Å². The number of aliphatic hydroxyl groups excluding tert-OH is 1. The Morgan fingerprint density at radius 3 is 2.90 bits per heavy atom. The molecule has 1 atom stereocenters. The lowest BCUT2D eigenvalue weighted by atomic mass is 10.2. The fraction of sp³-hybridized carbons (Fsp3) is 0.400. The second-order valence-corrected chi connectivity index (χ2v) is 6.89. The van der Waals surface area contributed by atoms with Crippen LogP contribution in [0.3, 0.4) is 0 Å². The highest BCUT2D eigenvalue weighted by atomic mass is 32.1. The van der Waals surface area contributed by atoms with Crippen molar-refractivity contribution in [3.8, 4) is 0 Å². The smallest absolute Gasteiger partial charge is 0.220 e. The van der Waals surface area contributed by atoms with E-state index in [9.17, 15) is 9.90 Å². The Labute approximate surface area is 127 Å². The topological polar surface area (TPSA) is 49.3 Å². The Bertz CT molecular complexity index is 534. The van der Waals surface area contributed by atoms with Crippen molar-refractivity contribution in [3.05, 3.63) is 44.3 Å². The number of carbonyl (C=O) groups excluding carboxylic acids is 1. The van der Waals surface area contributed by atoms with Gasteiger partial charge in [0.25, 0.3) is 0 Å². The molecule has 1 amide bonds. The van der Waals surface area contributed by atoms with Crippen molar-refractivity contribution < 1.29 is 9.90 Å². The zero-order valence-corrected chi connectivity index (χ0v) is 13.1. The fourth-order valence-corrected chi connectivity index (χ4v) is 3.56. The maximum absolute atomic E-state index is 11.7. The van der Waals surface area contributed by atoms with Gasteiger partial charge in [-0.05, 0) is 54.3 Å². The molecule has 0 radical (unpaired) electrons. The lowest BCUT2D eigenvalue weighted by Gasteiger charge is -2.10. The van der Waals surface area contributed by atoms with Gasteiger partial charge in [-0.2, -0.15) is 11.3 Å². The summed E-state index contributed by atoms with van der Waals surface area (Å²) in [5, 5.41) is 16.5. The Hall–Kier alpha value is -1.17. The molecule has 2 N–H and O–H groups in total. The Morgan fingerprint density at radius 2 is 2.25 bits per heavy atom. The van der Waals surface area contributed by atoms with Crippen LogP contribution in [0.4, 0.5) is 0 Å². The molecular formula is C15H19NO2S2. The number of hydrogen-bond acceptors (Lipinski definition) is 4. The van der Waals surface area contributed by atoms with Gasteiger partial charge in [0.2, 0.25) is 5.91 Å². The van der Waals surface area contributed by atoms with Gasteiger partial charge in [0.1, 0.15) is 0 Å². The third kappa shape index (κ3) is 4.74. The fourth-order valence-electron chi connectivity index (χ4n) is 1.92. The average Bonchev–Trinajstić information content (AvgIpc) is 3.07. The van der Waals surface area contributed by atoms with Crippen LogP contribution in [0.5, 0.6) is 0 Å². The largest absolute Gasteiger partial charge is 0.387 e. The van der Waals surface area contributed by atoms with Crippen molar-refractivity contribution in [2.75, 3.05) is 6.54 Å². The third-order valence-corrected chi connectivity index (χ3v) is 4.81. The molecule has 20 heavy (non-hydrogen) atoms. The molecule has 0 aliphatic carbocycles. The zero-order chi connectivity index (χ0) is 14.4. The second kappa shape index (κ2) is 7.57. The van der Waals surface area contributed by atoms with Crippen molar-refractivity contribution in [1.29, 1.82) is 0 Å². The maximum atomic E-state index is 11.7. The van der Waals surface area contributed by atoms with Crippen molar-refractivity contribution in [2.24, 2.45) is 0 Å². The molecule has 0 spiro atoms. The minimum absolute atomic E-state index is 0.00700. The van der Waals surface area contributed by atoms with Gasteiger partial charge in [-0.15, -0.1) is 11.3 Å². The van der Waals surface area contributed by atoms with Crippen LogP contribution >= 0.6 is 22.7 Å². The van der Waals surface area contributed by atoms with E-state index in [0.717, 1.165) is 18.4 Å². The average molecular weight is 309 g/mol. The highest BCUT2D eigenvalue weighted by Gasteiger charge is 2.09. The van der Waals surface area contributed by atoms with E-state index in [1.165, 1.54) is 9.75 Å². The van der Waals surface area contributed by atoms with E-state index in [-0.39, 0.29) is 12.5 Å². The van der Waals surface area contributed by atoms with Gasteiger partial charge in [-0.1, -0.05) is 0 Å². The molecule has 2 aromatic rings. The van der Waals surface area contributed by atoms with E-state index in [0.29, 0.717) is 6.42 Å². The van der Waals surface area contributed by atoms with Crippen LogP contribution in [0.15, 0.2) is 29.0 Å². The van der Waals surface area contributed by atoms with E-state index < -0.39 is 6.10 Å². The molecule has 0 aromatic carbocycles. The number of carbonyl (C=O) groups is 1. The molecule has 0 saturated heterocycles. The number of aliphatic hydroxyl groups is 1. The summed E-state index contributed by atoms with van der Waals surface area (Å²) in [6.45, 7) is 2.38. The Morgan fingerprint density at radius 1 is 1.40 bits per heavy atom. The summed E-state index contributed by atoms with van der Waals surface area (Å²) < 4.78 is 0. The monoisotopic (exact) mass is 309 g/mol. The van der Waals surface area contributed by atoms with E-state index >= 15 is 0 Å². The van der Waals surface area contributed by atoms with Gasteiger partial charge in [-0.25, -0.2) is 0 Å². The summed E-state index contributed by atoms with van der Waals surface area (Å²) in [6, 6.07) is 6.11. The van der Waals surface area contributed by atoms with Gasteiger partial charge >= 0.3 is 0 Å². The number of hydrogen-bond donors (Lipinski definition) is 2. The van der Waals surface area contributed by atoms with Gasteiger partial charge < -0.3 is 10.4 Å². The second-order valence-electron chi connectivity index (χ2n) is 4.74. The van der Waals surface area contributed by atoms with Gasteiger partial charge in [0, 0.05) is 22.7 Å². The van der Waals surface area contributed by atoms with Crippen LogP contribution in [-0.2, 0) is 11.2 Å². The van der Waals surface area contributed by atoms with Crippen molar-refractivity contribution in [3.63, 3.8) is 0 Å². The first-order valence-corrected chi connectivity index (χ1v) is 8.43. The minimum atomic E-state index is -0.606. The molecule has 0 fully saturated rings. The minimum Gasteiger partial charge on any atom is -0.387 e. The molecule has 0 aliphatic rings. The molecule has 0 bridgehead atoms. The predicted octanol–water partition coefficient (Wildman–Crippen LogP) is 3.29. The van der Waals surface area contributed by atoms with E-state index in [4.69, 9.17) is 0 Å². The number of rotatable bonds is 7. The number of aryl methyl sites for hydroxylation is 2. The van der Waals surface area contributed by atoms with Gasteiger partial charge in [0.05, 0.1) is 6.10 Å². The SMILES string of the molecule is Cc1ccc(CCCC(=O)NCC(O)c2ccsc2)s1. The number of amides is 1. The molecule has 0 aliphatic heterocycles. The van der Waals surface area contributed by atoms with E-state index in [2.05, 4.69) is 24.4 Å². The molecule has 108 valence electrons. The molecule has 2 heterocycles. The molecule has 2 aromatic heterocycles. The van der Waals surface area contributed by atoms with Crippen LogP contribution in [0, 0.1) is 6.92 Å². The van der Waals surface area contributed by atoms with Crippen LogP contribution in [0.25, 0.3) is 0 Å². The highest BCUT2D eigenvalue weighted by molar-refractivity contribution is 7.11. The summed E-state index contributed by atoms with van der Waals surface area (Å²) in [7, 11) is 0. The summed E-state index contributed by atoms with van der Waals surface area (Å²) in [5.74, 6) is 0.00700. The highest BCUT2D eigenvalue weighted by Crippen LogP contribution is 2.17. The quantitative estimate of drug-likeness (QED) is 0.824. The van der Waals surface area contributed by atoms with E-state index in [1.807, 2.05) is 16.8 Å². The third-order valence-electron chi connectivity index (χ3n) is 3.04. The molecule has 0 saturated carbocycles. The number of thiophene rings is 2. The van der Waals surface area contributed by atoms with Crippen LogP contribution in [-0.4, -0.2) is 17.6 Å². The molecule has 5 heteroatoms. The maximum Gasteiger partial charge on any atom is 0.220 e. The van der Waals surface area contributed by atoms with Gasteiger partial charge in [0.15, 0.2) is 0 Å². The van der Waals surface area contributed by atoms with Gasteiger partial charge in [-0.3, -0.25) is 4.79 Å². The predicted molar refractivity (Wildman–Crippen MR) is 84.3 cm³/mol. The molecule has 3 nitrogen and oxygen atoms in total. The van der Waals surface area contributed by atoms with Crippen molar-refractivity contribution in [2.45, 2.75) is 32.3 Å². The first kappa shape index (κ1) is 15.2. The summed E-state index contributed by atoms with van der Waals surface area (Å²) >= 11 is 3.33. The standard InChI is InChI=1S/C15H19NO2S2/c1-11-5-6-13(20-11)3-2-4-15(18)16-9-14(17)12-7-8-19-10-12/h5-8,10,14,17H,2-4,9H2,1H3,(H,16,18). The normalized spacial score (nSPS) is 12.3. The number of nitrogens with one attached hydrogen (secondary N) is 1. The lowest BCUT2D eigenvalue weighted by molar-refractivity contribution is -0.121. The Balaban J connectivity index is 1.63.